The van der Waals surface area contributed by atoms with Crippen LogP contribution in [0.15, 0.2) is 29.9 Å². The summed E-state index contributed by atoms with van der Waals surface area (Å²) in [6, 6.07) is 2.95. The van der Waals surface area contributed by atoms with Crippen LogP contribution in [0, 0.1) is 0 Å². The SMILES string of the molecule is CC(NC(=O)c1cccs1)C(=O)NCCc1ncc[nH]1. The molecule has 2 aromatic heterocycles. The molecule has 0 spiro atoms. The maximum absolute atomic E-state index is 11.8. The van der Waals surface area contributed by atoms with Gasteiger partial charge in [-0.05, 0) is 18.4 Å². The summed E-state index contributed by atoms with van der Waals surface area (Å²) in [5.74, 6) is 0.385. The fourth-order valence-electron chi connectivity index (χ4n) is 1.63. The molecule has 1 unspecified atom stereocenters. The van der Waals surface area contributed by atoms with Gasteiger partial charge >= 0.3 is 0 Å². The fourth-order valence-corrected chi connectivity index (χ4v) is 2.26. The molecule has 0 aliphatic heterocycles. The molecular weight excluding hydrogens is 276 g/mol. The molecule has 6 nitrogen and oxygen atoms in total. The Morgan fingerprint density at radius 3 is 3.00 bits per heavy atom. The van der Waals surface area contributed by atoms with Crippen LogP contribution in [0.25, 0.3) is 0 Å². The van der Waals surface area contributed by atoms with Crippen LogP contribution in [0.4, 0.5) is 0 Å². The van der Waals surface area contributed by atoms with Crippen molar-refractivity contribution in [3.63, 3.8) is 0 Å². The van der Waals surface area contributed by atoms with Crippen LogP contribution < -0.4 is 10.6 Å². The standard InChI is InChI=1S/C13H16N4O2S/c1-9(17-13(19)10-3-2-8-20-10)12(18)16-5-4-11-14-6-7-15-11/h2-3,6-9H,4-5H2,1H3,(H,14,15)(H,16,18)(H,17,19). The highest BCUT2D eigenvalue weighted by Crippen LogP contribution is 2.08. The number of carbonyl (C=O) groups is 2. The van der Waals surface area contributed by atoms with E-state index in [1.165, 1.54) is 11.3 Å². The number of hydrogen-bond donors (Lipinski definition) is 3. The van der Waals surface area contributed by atoms with E-state index in [1.807, 2.05) is 5.38 Å². The lowest BCUT2D eigenvalue weighted by atomic mass is 10.3. The van der Waals surface area contributed by atoms with Crippen LogP contribution in [0.1, 0.15) is 22.4 Å². The summed E-state index contributed by atoms with van der Waals surface area (Å²) in [5, 5.41) is 7.25. The Labute approximate surface area is 120 Å². The molecule has 1 atom stereocenters. The predicted octanol–water partition coefficient (Wildman–Crippen LogP) is 0.948. The quantitative estimate of drug-likeness (QED) is 0.741. The van der Waals surface area contributed by atoms with E-state index in [0.717, 1.165) is 5.82 Å². The summed E-state index contributed by atoms with van der Waals surface area (Å²) < 4.78 is 0. The van der Waals surface area contributed by atoms with E-state index >= 15 is 0 Å². The van der Waals surface area contributed by atoms with Gasteiger partial charge in [0, 0.05) is 25.4 Å². The molecule has 20 heavy (non-hydrogen) atoms. The highest BCUT2D eigenvalue weighted by Gasteiger charge is 2.16. The van der Waals surface area contributed by atoms with Gasteiger partial charge in [0.05, 0.1) is 4.88 Å². The van der Waals surface area contributed by atoms with E-state index in [1.54, 1.807) is 31.5 Å². The number of rotatable bonds is 6. The monoisotopic (exact) mass is 292 g/mol. The van der Waals surface area contributed by atoms with Gasteiger partial charge in [-0.25, -0.2) is 4.98 Å². The number of nitrogens with zero attached hydrogens (tertiary/aromatic N) is 1. The van der Waals surface area contributed by atoms with E-state index in [0.29, 0.717) is 17.8 Å². The van der Waals surface area contributed by atoms with Crippen molar-refractivity contribution in [2.75, 3.05) is 6.54 Å². The van der Waals surface area contributed by atoms with Crippen molar-refractivity contribution in [2.24, 2.45) is 0 Å². The van der Waals surface area contributed by atoms with Crippen molar-refractivity contribution in [3.8, 4) is 0 Å². The van der Waals surface area contributed by atoms with Crippen molar-refractivity contribution >= 4 is 23.2 Å². The van der Waals surface area contributed by atoms with Gasteiger partial charge in [-0.1, -0.05) is 6.07 Å². The number of nitrogens with one attached hydrogen (secondary N) is 3. The van der Waals surface area contributed by atoms with Crippen molar-refractivity contribution in [3.05, 3.63) is 40.6 Å². The van der Waals surface area contributed by atoms with E-state index in [2.05, 4.69) is 20.6 Å². The fraction of sp³-hybridized carbons (Fsp3) is 0.308. The second kappa shape index (κ2) is 6.85. The maximum atomic E-state index is 11.8. The highest BCUT2D eigenvalue weighted by molar-refractivity contribution is 7.12. The first kappa shape index (κ1) is 14.3. The molecule has 2 heterocycles. The van der Waals surface area contributed by atoms with Gasteiger partial charge in [-0.2, -0.15) is 0 Å². The summed E-state index contributed by atoms with van der Waals surface area (Å²) in [5.41, 5.74) is 0. The molecule has 0 saturated carbocycles. The average molecular weight is 292 g/mol. The number of aromatic nitrogens is 2. The molecule has 2 amide bonds. The second-order valence-electron chi connectivity index (χ2n) is 4.25. The second-order valence-corrected chi connectivity index (χ2v) is 5.20. The van der Waals surface area contributed by atoms with Gasteiger partial charge in [0.1, 0.15) is 11.9 Å². The van der Waals surface area contributed by atoms with Crippen LogP contribution in [-0.4, -0.2) is 34.4 Å². The van der Waals surface area contributed by atoms with E-state index < -0.39 is 6.04 Å². The molecule has 0 radical (unpaired) electrons. The number of hydrogen-bond acceptors (Lipinski definition) is 4. The third-order valence-corrected chi connectivity index (χ3v) is 3.57. The first-order chi connectivity index (χ1) is 9.66. The Morgan fingerprint density at radius 2 is 2.35 bits per heavy atom. The number of thiophene rings is 1. The Balaban J connectivity index is 1.73. The first-order valence-corrected chi connectivity index (χ1v) is 7.15. The summed E-state index contributed by atoms with van der Waals surface area (Å²) in [6.45, 7) is 2.14. The van der Waals surface area contributed by atoms with Crippen molar-refractivity contribution < 1.29 is 9.59 Å². The largest absolute Gasteiger partial charge is 0.354 e. The highest BCUT2D eigenvalue weighted by atomic mass is 32.1. The molecule has 3 N–H and O–H groups in total. The molecule has 2 aromatic rings. The molecule has 0 aromatic carbocycles. The zero-order chi connectivity index (χ0) is 14.4. The number of aromatic amines is 1. The number of H-pyrrole nitrogens is 1. The van der Waals surface area contributed by atoms with Crippen LogP contribution in [-0.2, 0) is 11.2 Å². The third kappa shape index (κ3) is 3.92. The van der Waals surface area contributed by atoms with Gasteiger partial charge in [-0.15, -0.1) is 11.3 Å². The Morgan fingerprint density at radius 1 is 1.50 bits per heavy atom. The van der Waals surface area contributed by atoms with E-state index in [-0.39, 0.29) is 11.8 Å². The first-order valence-electron chi connectivity index (χ1n) is 6.27. The van der Waals surface area contributed by atoms with Crippen LogP contribution in [0.5, 0.6) is 0 Å². The van der Waals surface area contributed by atoms with Crippen LogP contribution in [0.3, 0.4) is 0 Å². The Bertz CT molecular complexity index is 551. The molecule has 7 heteroatoms. The minimum Gasteiger partial charge on any atom is -0.354 e. The van der Waals surface area contributed by atoms with Gasteiger partial charge in [0.25, 0.3) is 5.91 Å². The Hall–Kier alpha value is -2.15. The number of imidazole rings is 1. The van der Waals surface area contributed by atoms with E-state index in [9.17, 15) is 9.59 Å². The molecular formula is C13H16N4O2S. The lowest BCUT2D eigenvalue weighted by molar-refractivity contribution is -0.122. The van der Waals surface area contributed by atoms with Crippen LogP contribution in [0.2, 0.25) is 0 Å². The minimum absolute atomic E-state index is 0.207. The number of amides is 2. The van der Waals surface area contributed by atoms with Gasteiger partial charge < -0.3 is 15.6 Å². The smallest absolute Gasteiger partial charge is 0.261 e. The van der Waals surface area contributed by atoms with Crippen LogP contribution >= 0.6 is 11.3 Å². The summed E-state index contributed by atoms with van der Waals surface area (Å²) in [6.07, 6.45) is 4.03. The zero-order valence-corrected chi connectivity index (χ0v) is 11.9. The van der Waals surface area contributed by atoms with Gasteiger partial charge in [-0.3, -0.25) is 9.59 Å². The molecule has 106 valence electrons. The van der Waals surface area contributed by atoms with Gasteiger partial charge in [0.15, 0.2) is 0 Å². The summed E-state index contributed by atoms with van der Waals surface area (Å²) >= 11 is 1.34. The molecule has 0 fully saturated rings. The van der Waals surface area contributed by atoms with Crippen molar-refractivity contribution in [1.82, 2.24) is 20.6 Å². The van der Waals surface area contributed by atoms with E-state index in [4.69, 9.17) is 0 Å². The molecule has 2 rings (SSSR count). The normalized spacial score (nSPS) is 11.8. The molecule has 0 aliphatic rings. The topological polar surface area (TPSA) is 86.9 Å². The Kier molecular flexibility index (Phi) is 4.89. The predicted molar refractivity (Wildman–Crippen MR) is 76.5 cm³/mol. The zero-order valence-electron chi connectivity index (χ0n) is 11.1. The minimum atomic E-state index is -0.568. The van der Waals surface area contributed by atoms with Gasteiger partial charge in [0.2, 0.25) is 5.91 Å². The summed E-state index contributed by atoms with van der Waals surface area (Å²) in [7, 11) is 0. The molecule has 0 bridgehead atoms. The van der Waals surface area contributed by atoms with Crippen molar-refractivity contribution in [1.29, 1.82) is 0 Å². The summed E-state index contributed by atoms with van der Waals surface area (Å²) in [4.78, 5) is 31.2. The lowest BCUT2D eigenvalue weighted by Gasteiger charge is -2.13. The molecule has 0 aliphatic carbocycles. The maximum Gasteiger partial charge on any atom is 0.261 e. The lowest BCUT2D eigenvalue weighted by Crippen LogP contribution is -2.45. The molecule has 0 saturated heterocycles. The van der Waals surface area contributed by atoms with Crippen molar-refractivity contribution in [2.45, 2.75) is 19.4 Å². The third-order valence-electron chi connectivity index (χ3n) is 2.70. The average Bonchev–Trinajstić information content (AvgIpc) is 3.11. The number of carbonyl (C=O) groups excluding carboxylic acids is 2.